The van der Waals surface area contributed by atoms with Gasteiger partial charge in [0.1, 0.15) is 17.6 Å². The van der Waals surface area contributed by atoms with Crippen molar-refractivity contribution in [2.45, 2.75) is 26.2 Å². The fourth-order valence-corrected chi connectivity index (χ4v) is 2.57. The summed E-state index contributed by atoms with van der Waals surface area (Å²) in [5.74, 6) is 1.24. The number of nitriles is 1. The fraction of sp³-hybridized carbons (Fsp3) is 0.286. The highest BCUT2D eigenvalue weighted by Gasteiger charge is 2.04. The first kappa shape index (κ1) is 20.0. The minimum absolute atomic E-state index is 0.0397. The molecule has 0 aliphatic heterocycles. The van der Waals surface area contributed by atoms with Gasteiger partial charge < -0.3 is 9.47 Å². The second kappa shape index (κ2) is 10.6. The van der Waals surface area contributed by atoms with Crippen molar-refractivity contribution in [3.63, 3.8) is 0 Å². The lowest BCUT2D eigenvalue weighted by Gasteiger charge is -2.08. The van der Waals surface area contributed by atoms with E-state index in [0.717, 1.165) is 24.2 Å². The Hall–Kier alpha value is -3.33. The quantitative estimate of drug-likeness (QED) is 0.545. The van der Waals surface area contributed by atoms with Gasteiger partial charge in [0.05, 0.1) is 13.3 Å². The lowest BCUT2D eigenvalue weighted by atomic mass is 10.0. The number of carbonyl (C=O) groups excluding carboxylic acids is 1. The van der Waals surface area contributed by atoms with Crippen molar-refractivity contribution in [2.24, 2.45) is 5.10 Å². The minimum atomic E-state index is -0.146. The average Bonchev–Trinajstić information content (AvgIpc) is 2.68. The van der Waals surface area contributed by atoms with E-state index in [4.69, 9.17) is 14.7 Å². The van der Waals surface area contributed by atoms with Gasteiger partial charge in [-0.3, -0.25) is 4.79 Å². The Morgan fingerprint density at radius 3 is 2.85 bits per heavy atom. The average molecular weight is 365 g/mol. The monoisotopic (exact) mass is 365 g/mol. The van der Waals surface area contributed by atoms with Gasteiger partial charge in [0, 0.05) is 12.0 Å². The van der Waals surface area contributed by atoms with Gasteiger partial charge in [-0.1, -0.05) is 18.2 Å². The van der Waals surface area contributed by atoms with Gasteiger partial charge in [0.15, 0.2) is 6.61 Å². The van der Waals surface area contributed by atoms with E-state index in [1.807, 2.05) is 43.3 Å². The van der Waals surface area contributed by atoms with Gasteiger partial charge in [-0.15, -0.1) is 0 Å². The molecule has 2 rings (SSSR count). The molecule has 0 atom stereocenters. The van der Waals surface area contributed by atoms with Crippen molar-refractivity contribution >= 4 is 12.1 Å². The second-order valence-corrected chi connectivity index (χ2v) is 5.92. The Morgan fingerprint density at radius 1 is 1.30 bits per heavy atom. The van der Waals surface area contributed by atoms with Crippen LogP contribution in [-0.2, 0) is 11.2 Å². The fourth-order valence-electron chi connectivity index (χ4n) is 2.57. The lowest BCUT2D eigenvalue weighted by Crippen LogP contribution is -2.17. The van der Waals surface area contributed by atoms with Crippen molar-refractivity contribution in [1.82, 2.24) is 5.43 Å². The van der Waals surface area contributed by atoms with Crippen LogP contribution in [-0.4, -0.2) is 25.8 Å². The van der Waals surface area contributed by atoms with Gasteiger partial charge in [-0.05, 0) is 55.2 Å². The van der Waals surface area contributed by atoms with Crippen LogP contribution in [0.2, 0.25) is 0 Å². The number of para-hydroxylation sites is 1. The van der Waals surface area contributed by atoms with Crippen molar-refractivity contribution in [2.75, 3.05) is 13.7 Å². The summed E-state index contributed by atoms with van der Waals surface area (Å²) >= 11 is 0. The number of nitrogens with zero attached hydrogens (tertiary/aromatic N) is 2. The van der Waals surface area contributed by atoms with E-state index < -0.39 is 0 Å². The molecule has 140 valence electrons. The summed E-state index contributed by atoms with van der Waals surface area (Å²) in [5, 5.41) is 12.6. The number of carbonyl (C=O) groups is 1. The highest BCUT2D eigenvalue weighted by Crippen LogP contribution is 2.18. The number of ether oxygens (including phenoxy) is 2. The van der Waals surface area contributed by atoms with Crippen LogP contribution in [0.3, 0.4) is 0 Å². The Labute approximate surface area is 159 Å². The molecule has 0 saturated carbocycles. The molecule has 2 aromatic carbocycles. The molecule has 27 heavy (non-hydrogen) atoms. The maximum absolute atomic E-state index is 11.9. The number of hydrogen-bond acceptors (Lipinski definition) is 5. The Bertz CT molecular complexity index is 841. The highest BCUT2D eigenvalue weighted by atomic mass is 16.5. The van der Waals surface area contributed by atoms with Crippen molar-refractivity contribution in [3.05, 3.63) is 59.2 Å². The van der Waals surface area contributed by atoms with E-state index in [2.05, 4.69) is 10.5 Å². The number of rotatable bonds is 9. The molecular weight excluding hydrogens is 342 g/mol. The summed E-state index contributed by atoms with van der Waals surface area (Å²) in [6.45, 7) is 2.00. The number of hydrogen-bond donors (Lipinski definition) is 1. The predicted octanol–water partition coefficient (Wildman–Crippen LogP) is 3.38. The zero-order chi connectivity index (χ0) is 19.5. The molecule has 0 unspecified atom stereocenters. The van der Waals surface area contributed by atoms with E-state index >= 15 is 0 Å². The standard InChI is InChI=1S/C21H23N3O3/c1-16-14-19(26-2)11-10-17(16)7-5-9-21(25)24-23-15-18-6-3-4-8-20(18)27-13-12-22/h3-4,6,8,10-11,14-15H,5,7,9,13H2,1-2H3,(H,24,25)/b23-15-. The summed E-state index contributed by atoms with van der Waals surface area (Å²) in [7, 11) is 1.65. The van der Waals surface area contributed by atoms with Gasteiger partial charge >= 0.3 is 0 Å². The molecule has 1 N–H and O–H groups in total. The van der Waals surface area contributed by atoms with Crippen LogP contribution in [0.25, 0.3) is 0 Å². The molecular formula is C21H23N3O3. The van der Waals surface area contributed by atoms with Gasteiger partial charge in [0.25, 0.3) is 0 Å². The normalized spacial score (nSPS) is 10.4. The number of methoxy groups -OCH3 is 1. The molecule has 6 nitrogen and oxygen atoms in total. The molecule has 2 aromatic rings. The Balaban J connectivity index is 1.80. The summed E-state index contributed by atoms with van der Waals surface area (Å²) < 4.78 is 10.5. The molecule has 0 saturated heterocycles. The first-order chi connectivity index (χ1) is 13.1. The topological polar surface area (TPSA) is 83.7 Å². The molecule has 6 heteroatoms. The number of amides is 1. The SMILES string of the molecule is COc1ccc(CCCC(=O)N/N=C\c2ccccc2OCC#N)c(C)c1. The smallest absolute Gasteiger partial charge is 0.240 e. The molecule has 0 aliphatic carbocycles. The Morgan fingerprint density at radius 2 is 2.11 bits per heavy atom. The first-order valence-corrected chi connectivity index (χ1v) is 8.68. The highest BCUT2D eigenvalue weighted by molar-refractivity contribution is 5.85. The zero-order valence-electron chi connectivity index (χ0n) is 15.6. The third kappa shape index (κ3) is 6.48. The van der Waals surface area contributed by atoms with E-state index in [1.165, 1.54) is 11.8 Å². The lowest BCUT2D eigenvalue weighted by molar-refractivity contribution is -0.121. The first-order valence-electron chi connectivity index (χ1n) is 8.68. The van der Waals surface area contributed by atoms with Crippen LogP contribution >= 0.6 is 0 Å². The number of nitrogens with one attached hydrogen (secondary N) is 1. The van der Waals surface area contributed by atoms with Crippen LogP contribution in [0.15, 0.2) is 47.6 Å². The summed E-state index contributed by atoms with van der Waals surface area (Å²) in [4.78, 5) is 11.9. The van der Waals surface area contributed by atoms with Crippen LogP contribution in [0, 0.1) is 18.3 Å². The zero-order valence-corrected chi connectivity index (χ0v) is 15.6. The third-order valence-electron chi connectivity index (χ3n) is 4.00. The van der Waals surface area contributed by atoms with Gasteiger partial charge in [-0.2, -0.15) is 10.4 Å². The van der Waals surface area contributed by atoms with Gasteiger partial charge in [-0.25, -0.2) is 5.43 Å². The second-order valence-electron chi connectivity index (χ2n) is 5.92. The van der Waals surface area contributed by atoms with Crippen LogP contribution < -0.4 is 14.9 Å². The number of aryl methyl sites for hydroxylation is 2. The molecule has 0 aromatic heterocycles. The number of hydrazone groups is 1. The maximum Gasteiger partial charge on any atom is 0.240 e. The van der Waals surface area contributed by atoms with E-state index in [9.17, 15) is 4.79 Å². The summed E-state index contributed by atoms with van der Waals surface area (Å²) in [6, 6.07) is 15.1. The maximum atomic E-state index is 11.9. The molecule has 0 fully saturated rings. The van der Waals surface area contributed by atoms with E-state index in [-0.39, 0.29) is 12.5 Å². The summed E-state index contributed by atoms with van der Waals surface area (Å²) in [5.41, 5.74) is 5.58. The van der Waals surface area contributed by atoms with E-state index in [1.54, 1.807) is 19.2 Å². The van der Waals surface area contributed by atoms with E-state index in [0.29, 0.717) is 17.7 Å². The van der Waals surface area contributed by atoms with Crippen LogP contribution in [0.5, 0.6) is 11.5 Å². The summed E-state index contributed by atoms with van der Waals surface area (Å²) in [6.07, 6.45) is 3.45. The molecule has 1 amide bonds. The Kier molecular flexibility index (Phi) is 7.86. The van der Waals surface area contributed by atoms with Crippen LogP contribution in [0.1, 0.15) is 29.5 Å². The number of benzene rings is 2. The van der Waals surface area contributed by atoms with Gasteiger partial charge in [0.2, 0.25) is 5.91 Å². The molecule has 0 aliphatic rings. The van der Waals surface area contributed by atoms with Crippen molar-refractivity contribution < 1.29 is 14.3 Å². The predicted molar refractivity (Wildman–Crippen MR) is 104 cm³/mol. The van der Waals surface area contributed by atoms with Crippen molar-refractivity contribution in [3.8, 4) is 17.6 Å². The molecule has 0 bridgehead atoms. The third-order valence-corrected chi connectivity index (χ3v) is 4.00. The van der Waals surface area contributed by atoms with Crippen molar-refractivity contribution in [1.29, 1.82) is 5.26 Å². The van der Waals surface area contributed by atoms with Crippen LogP contribution in [0.4, 0.5) is 0 Å². The molecule has 0 spiro atoms. The molecule has 0 heterocycles. The largest absolute Gasteiger partial charge is 0.497 e. The minimum Gasteiger partial charge on any atom is -0.497 e. The molecule has 0 radical (unpaired) electrons.